The molecule has 0 fully saturated rings. The quantitative estimate of drug-likeness (QED) is 0.0538. The number of aliphatic carboxylic acids is 5. The van der Waals surface area contributed by atoms with Crippen LogP contribution in [0.1, 0.15) is 56.9 Å². The van der Waals surface area contributed by atoms with E-state index in [1.165, 1.54) is 5.56 Å². The zero-order valence-corrected chi connectivity index (χ0v) is 31.0. The average molecular weight is 872 g/mol. The van der Waals surface area contributed by atoms with Gasteiger partial charge in [0.15, 0.2) is 0 Å². The second-order valence-corrected chi connectivity index (χ2v) is 13.0. The molecule has 1 radical (unpaired) electrons. The van der Waals surface area contributed by atoms with Crippen molar-refractivity contribution in [3.8, 4) is 0 Å². The molecule has 0 aliphatic heterocycles. The van der Waals surface area contributed by atoms with Gasteiger partial charge in [-0.1, -0.05) is 68.9 Å². The first-order valence-electron chi connectivity index (χ1n) is 16.0. The Morgan fingerprint density at radius 2 is 1.08 bits per heavy atom. The molecule has 0 aromatic heterocycles. The Bertz CT molecular complexity index is 1120. The van der Waals surface area contributed by atoms with Gasteiger partial charge >= 0.3 is 48.1 Å². The molecule has 0 spiro atoms. The van der Waals surface area contributed by atoms with Crippen molar-refractivity contribution in [2.45, 2.75) is 63.8 Å². The van der Waals surface area contributed by atoms with Gasteiger partial charge in [0, 0.05) is 52.4 Å². The SMILES string of the molecule is O=C([O-])CN(CCN(CC(=O)[O-])CC(CO[P+]([O-])(O)OCCCCCCCCCCc1ccccc1)N(CC(=O)[O-])CC(=O)[O-])CC(=O)[O-].[Gd+3]. The second kappa shape index (κ2) is 27.7. The fraction of sp³-hybridized carbons (Fsp3) is 0.645. The van der Waals surface area contributed by atoms with Crippen molar-refractivity contribution in [1.29, 1.82) is 0 Å². The summed E-state index contributed by atoms with van der Waals surface area (Å²) in [5.74, 6) is -8.37. The summed E-state index contributed by atoms with van der Waals surface area (Å²) in [6.07, 6.45) is 8.51. The van der Waals surface area contributed by atoms with Crippen molar-refractivity contribution in [1.82, 2.24) is 14.7 Å². The molecular weight excluding hydrogens is 827 g/mol. The van der Waals surface area contributed by atoms with E-state index in [1.54, 1.807) is 0 Å². The van der Waals surface area contributed by atoms with Crippen molar-refractivity contribution in [3.05, 3.63) is 35.9 Å². The number of phosphoric acid groups is 1. The van der Waals surface area contributed by atoms with E-state index in [4.69, 9.17) is 9.05 Å². The van der Waals surface area contributed by atoms with Crippen molar-refractivity contribution in [2.75, 3.05) is 65.6 Å². The van der Waals surface area contributed by atoms with E-state index in [9.17, 15) is 59.3 Å². The smallest absolute Gasteiger partial charge is 0.606 e. The van der Waals surface area contributed by atoms with Gasteiger partial charge in [0.1, 0.15) is 6.61 Å². The molecule has 0 bridgehead atoms. The third kappa shape index (κ3) is 25.9. The van der Waals surface area contributed by atoms with Crippen LogP contribution in [0.15, 0.2) is 30.3 Å². The summed E-state index contributed by atoms with van der Waals surface area (Å²) >= 11 is 0. The molecule has 1 rings (SSSR count). The van der Waals surface area contributed by atoms with Crippen LogP contribution in [-0.4, -0.2) is 121 Å². The Hall–Kier alpha value is -1.96. The van der Waals surface area contributed by atoms with Crippen LogP contribution in [0.2, 0.25) is 0 Å². The summed E-state index contributed by atoms with van der Waals surface area (Å²) in [4.78, 5) is 81.6. The zero-order valence-electron chi connectivity index (χ0n) is 27.8. The normalized spacial score (nSPS) is 13.1. The Kier molecular flexibility index (Phi) is 26.6. The van der Waals surface area contributed by atoms with Gasteiger partial charge in [-0.05, 0) is 24.8 Å². The molecule has 0 aliphatic carbocycles. The number of carbonyl (C=O) groups excluding carboxylic acids is 5. The molecular formula is C31H45GdN3O14P-2. The monoisotopic (exact) mass is 872 g/mol. The molecule has 1 aromatic carbocycles. The molecule has 0 saturated carbocycles. The van der Waals surface area contributed by atoms with Gasteiger partial charge in [-0.3, -0.25) is 14.7 Å². The van der Waals surface area contributed by atoms with E-state index in [1.807, 2.05) is 18.2 Å². The van der Waals surface area contributed by atoms with Crippen molar-refractivity contribution in [3.63, 3.8) is 0 Å². The number of unbranched alkanes of at least 4 members (excludes halogenated alkanes) is 7. The van der Waals surface area contributed by atoms with E-state index >= 15 is 0 Å². The number of phosphoric ester groups is 1. The number of carboxylic acid groups (broad SMARTS) is 5. The van der Waals surface area contributed by atoms with Crippen LogP contribution in [0.5, 0.6) is 0 Å². The van der Waals surface area contributed by atoms with Crippen LogP contribution in [0, 0.1) is 39.9 Å². The average Bonchev–Trinajstić information content (AvgIpc) is 2.99. The predicted octanol–water partition coefficient (Wildman–Crippen LogP) is -5.56. The molecule has 50 heavy (non-hydrogen) atoms. The third-order valence-corrected chi connectivity index (χ3v) is 8.31. The Balaban J connectivity index is 0.0000240. The van der Waals surface area contributed by atoms with E-state index < -0.39 is 89.9 Å². The van der Waals surface area contributed by atoms with Crippen LogP contribution in [0.3, 0.4) is 0 Å². The minimum absolute atomic E-state index is 0. The summed E-state index contributed by atoms with van der Waals surface area (Å²) < 4.78 is 10.0. The molecule has 283 valence electrons. The number of carbonyl (C=O) groups is 5. The number of rotatable bonds is 31. The minimum Gasteiger partial charge on any atom is -0.606 e. The molecule has 17 nitrogen and oxygen atoms in total. The van der Waals surface area contributed by atoms with E-state index in [0.29, 0.717) is 6.42 Å². The summed E-state index contributed by atoms with van der Waals surface area (Å²) in [6, 6.07) is 8.88. The van der Waals surface area contributed by atoms with Gasteiger partial charge in [0.05, 0.1) is 42.5 Å². The maximum absolute atomic E-state index is 12.6. The summed E-state index contributed by atoms with van der Waals surface area (Å²) in [5.41, 5.74) is 1.32. The Labute approximate surface area is 324 Å². The topological polar surface area (TPSA) is 272 Å². The van der Waals surface area contributed by atoms with E-state index in [-0.39, 0.29) is 59.6 Å². The van der Waals surface area contributed by atoms with Gasteiger partial charge in [0.25, 0.3) is 0 Å². The van der Waals surface area contributed by atoms with Crippen molar-refractivity contribution >= 4 is 38.0 Å². The molecule has 0 amide bonds. The predicted molar refractivity (Wildman–Crippen MR) is 161 cm³/mol. The molecule has 0 aliphatic rings. The number of aryl methyl sites for hydroxylation is 1. The van der Waals surface area contributed by atoms with Crippen LogP contribution in [0.25, 0.3) is 0 Å². The van der Waals surface area contributed by atoms with Crippen LogP contribution in [0.4, 0.5) is 0 Å². The molecule has 1 aromatic rings. The largest absolute Gasteiger partial charge is 3.00 e. The van der Waals surface area contributed by atoms with Gasteiger partial charge in [-0.15, -0.1) is 0 Å². The van der Waals surface area contributed by atoms with Crippen LogP contribution < -0.4 is 30.4 Å². The standard InChI is InChI=1S/C31H50N3O14P.Gd/c35-27(36)19-32(15-16-33(20-28(37)38)21-29(39)40)18-26(34(22-30(41)42)23-31(43)44)24-48-49(45,46)47-17-11-6-4-2-1-3-5-8-12-25-13-9-7-10-14-25;/h7,9-10,13-14,26H,1-6,8,11-12,15-24H2,(H,35,36)(H,37,38)(H,39,40)(H,41,42)(H,43,44)(H,45,46);/q;+3/p-5. The molecule has 0 saturated heterocycles. The minimum atomic E-state index is -4.74. The Morgan fingerprint density at radius 1 is 0.640 bits per heavy atom. The molecule has 0 heterocycles. The van der Waals surface area contributed by atoms with E-state index in [2.05, 4.69) is 12.1 Å². The first-order chi connectivity index (χ1) is 23.2. The second-order valence-electron chi connectivity index (χ2n) is 11.5. The van der Waals surface area contributed by atoms with E-state index in [0.717, 1.165) is 66.1 Å². The fourth-order valence-corrected chi connectivity index (χ4v) is 5.83. The van der Waals surface area contributed by atoms with Gasteiger partial charge in [-0.25, -0.2) is 0 Å². The van der Waals surface area contributed by atoms with Crippen LogP contribution >= 0.6 is 8.17 Å². The first kappa shape index (κ1) is 48.0. The number of benzene rings is 1. The molecule has 19 heteroatoms. The number of nitrogens with zero attached hydrogens (tertiary/aromatic N) is 3. The molecule has 2 unspecified atom stereocenters. The number of carboxylic acids is 5. The molecule has 1 N–H and O–H groups in total. The Morgan fingerprint density at radius 3 is 1.58 bits per heavy atom. The summed E-state index contributed by atoms with van der Waals surface area (Å²) in [7, 11) is -4.74. The third-order valence-electron chi connectivity index (χ3n) is 7.33. The first-order valence-corrected chi connectivity index (χ1v) is 17.5. The summed E-state index contributed by atoms with van der Waals surface area (Å²) in [5, 5.41) is 56.1. The maximum atomic E-state index is 12.6. The summed E-state index contributed by atoms with van der Waals surface area (Å²) in [6.45, 7) is -6.78. The van der Waals surface area contributed by atoms with Gasteiger partial charge in [-0.2, -0.15) is 13.9 Å². The fourth-order valence-electron chi connectivity index (χ4n) is 5.03. The van der Waals surface area contributed by atoms with Crippen LogP contribution in [-0.2, 0) is 39.4 Å². The number of hydrogen-bond acceptors (Lipinski definition) is 17. The van der Waals surface area contributed by atoms with Crippen molar-refractivity contribution < 1.29 is 108 Å². The van der Waals surface area contributed by atoms with Crippen molar-refractivity contribution in [2.24, 2.45) is 0 Å². The maximum Gasteiger partial charge on any atom is 3.00 e. The van der Waals surface area contributed by atoms with Gasteiger partial charge in [0.2, 0.25) is 0 Å². The molecule has 2 atom stereocenters. The van der Waals surface area contributed by atoms with Gasteiger partial charge < -0.3 is 54.4 Å². The number of hydrogen-bond donors (Lipinski definition) is 1. The zero-order chi connectivity index (χ0) is 36.7.